The molecule has 0 bridgehead atoms. The molecule has 1 nitrogen and oxygen atoms in total. The van der Waals surface area contributed by atoms with Gasteiger partial charge in [-0.3, -0.25) is 0 Å². The normalized spacial score (nSPS) is 10.4. The molecule has 166 valence electrons. The Morgan fingerprint density at radius 1 is 0.871 bits per heavy atom. The summed E-state index contributed by atoms with van der Waals surface area (Å²) in [5.74, 6) is 0. The first-order valence-corrected chi connectivity index (χ1v) is 10.2. The zero-order valence-electron chi connectivity index (χ0n) is 20.0. The van der Waals surface area contributed by atoms with Gasteiger partial charge in [-0.15, -0.1) is 6.58 Å². The zero-order valence-corrected chi connectivity index (χ0v) is 20.0. The lowest BCUT2D eigenvalue weighted by molar-refractivity contribution is 0.725. The average molecular weight is 420 g/mol. The lowest BCUT2D eigenvalue weighted by Crippen LogP contribution is -1.84. The average Bonchev–Trinajstić information content (AvgIpc) is 2.79. The molecule has 0 N–H and O–H groups in total. The van der Waals surface area contributed by atoms with E-state index >= 15 is 0 Å². The lowest BCUT2D eigenvalue weighted by atomic mass is 9.98. The fraction of sp³-hybridized carbons (Fsp3) is 0.207. The largest absolute Gasteiger partial charge is 0.301 e. The molecule has 0 radical (unpaired) electrons. The van der Waals surface area contributed by atoms with Crippen molar-refractivity contribution in [3.63, 3.8) is 0 Å². The number of rotatable bonds is 4. The van der Waals surface area contributed by atoms with Gasteiger partial charge in [0, 0.05) is 7.05 Å². The lowest BCUT2D eigenvalue weighted by Gasteiger charge is -2.07. The highest BCUT2D eigenvalue weighted by Crippen LogP contribution is 2.24. The quantitative estimate of drug-likeness (QED) is 0.266. The van der Waals surface area contributed by atoms with E-state index in [1.54, 1.807) is 25.4 Å². The molecule has 2 heteroatoms. The fourth-order valence-corrected chi connectivity index (χ4v) is 2.22. The third-order valence-electron chi connectivity index (χ3n) is 4.03. The van der Waals surface area contributed by atoms with Crippen molar-refractivity contribution in [2.45, 2.75) is 34.6 Å². The van der Waals surface area contributed by atoms with Crippen LogP contribution in [0, 0.1) is 6.92 Å². The van der Waals surface area contributed by atoms with E-state index in [0.29, 0.717) is 0 Å². The second-order valence-electron chi connectivity index (χ2n) is 6.43. The van der Waals surface area contributed by atoms with Crippen LogP contribution in [0.1, 0.15) is 38.8 Å². The summed E-state index contributed by atoms with van der Waals surface area (Å²) in [5, 5.41) is 0. The maximum absolute atomic E-state index is 10.1. The molecule has 0 fully saturated rings. The first kappa shape index (κ1) is 29.9. The molecule has 0 saturated carbocycles. The van der Waals surface area contributed by atoms with Gasteiger partial charge in [0.15, 0.2) is 0 Å². The number of aliphatic imine (C=N–C) groups is 1. The van der Waals surface area contributed by atoms with Gasteiger partial charge < -0.3 is 4.99 Å². The molecule has 0 heterocycles. The molecule has 0 atom stereocenters. The van der Waals surface area contributed by atoms with E-state index in [4.69, 9.17) is 0 Å². The molecule has 2 aromatic carbocycles. The number of halogens is 1. The molecule has 2 rings (SSSR count). The zero-order chi connectivity index (χ0) is 24.1. The Hall–Kier alpha value is -3.26. The van der Waals surface area contributed by atoms with Crippen LogP contribution >= 0.6 is 0 Å². The predicted octanol–water partition coefficient (Wildman–Crippen LogP) is 9.20. The number of hydrogen-bond donors (Lipinski definition) is 0. The minimum atomic E-state index is 0.250. The highest BCUT2D eigenvalue weighted by Gasteiger charge is 2.01. The molecule has 2 aromatic rings. The van der Waals surface area contributed by atoms with Crippen molar-refractivity contribution < 1.29 is 4.39 Å². The van der Waals surface area contributed by atoms with Gasteiger partial charge in [0.25, 0.3) is 0 Å². The van der Waals surface area contributed by atoms with E-state index in [-0.39, 0.29) is 6.33 Å². The van der Waals surface area contributed by atoms with Gasteiger partial charge in [-0.05, 0) is 68.7 Å². The van der Waals surface area contributed by atoms with Crippen LogP contribution in [-0.4, -0.2) is 13.3 Å². The second kappa shape index (κ2) is 20.0. The Balaban J connectivity index is 0. The molecule has 0 aliphatic rings. The first-order chi connectivity index (χ1) is 14.9. The van der Waals surface area contributed by atoms with Crippen LogP contribution in [0.4, 0.5) is 4.39 Å². The van der Waals surface area contributed by atoms with Gasteiger partial charge in [-0.2, -0.15) is 0 Å². The molecular formula is C29H38FN. The highest BCUT2D eigenvalue weighted by molar-refractivity contribution is 5.72. The van der Waals surface area contributed by atoms with E-state index in [2.05, 4.69) is 100 Å². The summed E-state index contributed by atoms with van der Waals surface area (Å²) in [6.07, 6.45) is 9.62. The van der Waals surface area contributed by atoms with E-state index in [0.717, 1.165) is 0 Å². The summed E-state index contributed by atoms with van der Waals surface area (Å²) in [4.78, 5) is 3.61. The Labute approximate surface area is 189 Å². The summed E-state index contributed by atoms with van der Waals surface area (Å²) >= 11 is 0. The van der Waals surface area contributed by atoms with Crippen molar-refractivity contribution in [1.82, 2.24) is 0 Å². The van der Waals surface area contributed by atoms with Crippen molar-refractivity contribution in [2.75, 3.05) is 7.05 Å². The molecule has 31 heavy (non-hydrogen) atoms. The van der Waals surface area contributed by atoms with Gasteiger partial charge in [-0.25, -0.2) is 4.39 Å². The minimum Gasteiger partial charge on any atom is -0.301 e. The van der Waals surface area contributed by atoms with Crippen molar-refractivity contribution >= 4 is 11.8 Å². The van der Waals surface area contributed by atoms with Gasteiger partial charge in [0.05, 0.1) is 6.33 Å². The Morgan fingerprint density at radius 3 is 1.61 bits per heavy atom. The number of nitrogens with zero attached hydrogens (tertiary/aromatic N) is 1. The minimum absolute atomic E-state index is 0.250. The smallest absolute Gasteiger partial charge is 0.0795 e. The number of hydrogen-bond acceptors (Lipinski definition) is 1. The Bertz CT molecular complexity index is 825. The van der Waals surface area contributed by atoms with E-state index in [1.165, 1.54) is 33.4 Å². The number of benzene rings is 2. The van der Waals surface area contributed by atoms with Gasteiger partial charge in [0.1, 0.15) is 0 Å². The van der Waals surface area contributed by atoms with Crippen LogP contribution in [0.25, 0.3) is 16.7 Å². The van der Waals surface area contributed by atoms with Crippen molar-refractivity contribution in [3.05, 3.63) is 116 Å². The maximum Gasteiger partial charge on any atom is 0.0795 e. The third-order valence-corrected chi connectivity index (χ3v) is 4.03. The van der Waals surface area contributed by atoms with Gasteiger partial charge >= 0.3 is 0 Å². The van der Waals surface area contributed by atoms with Crippen LogP contribution in [0.5, 0.6) is 0 Å². The highest BCUT2D eigenvalue weighted by atomic mass is 19.1. The van der Waals surface area contributed by atoms with Crippen molar-refractivity contribution in [1.29, 1.82) is 0 Å². The summed E-state index contributed by atoms with van der Waals surface area (Å²) < 4.78 is 10.1. The van der Waals surface area contributed by atoms with E-state index in [9.17, 15) is 4.39 Å². The molecule has 0 amide bonds. The molecule has 0 aromatic heterocycles. The van der Waals surface area contributed by atoms with Crippen LogP contribution in [0.3, 0.4) is 0 Å². The van der Waals surface area contributed by atoms with E-state index < -0.39 is 0 Å². The van der Waals surface area contributed by atoms with Crippen LogP contribution in [-0.2, 0) is 0 Å². The Morgan fingerprint density at radius 2 is 1.26 bits per heavy atom. The Kier molecular flexibility index (Phi) is 19.3. The topological polar surface area (TPSA) is 12.4 Å². The van der Waals surface area contributed by atoms with Crippen LogP contribution < -0.4 is 0 Å². The standard InChI is InChI=1S/C21H22.C3H7N.C3H6.C2H3F/c1-5-6-7-17(3)18(4)19-12-14-21(15-13-19)20-10-8-16(2)9-11-20;1-3-4-2;1-3-2;1-2-3/h5-15H,1H2,2-4H3;3H,1-2H3;3H,1H2,2H3;2H,1H2/b7-6-,18-17+;;;. The molecular weight excluding hydrogens is 381 g/mol. The third kappa shape index (κ3) is 14.4. The number of allylic oxidation sites excluding steroid dienone is 6. The van der Waals surface area contributed by atoms with Gasteiger partial charge in [0.2, 0.25) is 0 Å². The fourth-order valence-electron chi connectivity index (χ4n) is 2.22. The first-order valence-electron chi connectivity index (χ1n) is 10.2. The number of aryl methyl sites for hydroxylation is 1. The van der Waals surface area contributed by atoms with Crippen LogP contribution in [0.15, 0.2) is 109 Å². The van der Waals surface area contributed by atoms with Gasteiger partial charge in [-0.1, -0.05) is 91.6 Å². The summed E-state index contributed by atoms with van der Waals surface area (Å²) in [5.41, 5.74) is 7.63. The van der Waals surface area contributed by atoms with E-state index in [1.807, 2.05) is 19.9 Å². The summed E-state index contributed by atoms with van der Waals surface area (Å²) in [6, 6.07) is 17.4. The van der Waals surface area contributed by atoms with Crippen molar-refractivity contribution in [2.24, 2.45) is 4.99 Å². The summed E-state index contributed by atoms with van der Waals surface area (Å²) in [6.45, 7) is 19.9. The summed E-state index contributed by atoms with van der Waals surface area (Å²) in [7, 11) is 1.75. The second-order valence-corrected chi connectivity index (χ2v) is 6.43. The predicted molar refractivity (Wildman–Crippen MR) is 141 cm³/mol. The maximum atomic E-state index is 10.1. The molecule has 0 unspecified atom stereocenters. The van der Waals surface area contributed by atoms with Crippen molar-refractivity contribution in [3.8, 4) is 11.1 Å². The SMILES string of the molecule is C=C/C=C\C(C)=C(/C)c1ccc(-c2ccc(C)cc2)cc1.C=CC.C=CF.CC=NC. The molecule has 0 saturated heterocycles. The monoisotopic (exact) mass is 419 g/mol. The molecule has 0 aliphatic heterocycles. The molecule has 0 spiro atoms. The molecule has 0 aliphatic carbocycles. The van der Waals surface area contributed by atoms with Crippen LogP contribution in [0.2, 0.25) is 0 Å².